The number of hydrogen-bond donors (Lipinski definition) is 2. The minimum atomic E-state index is -1.40. The van der Waals surface area contributed by atoms with E-state index in [4.69, 9.17) is 4.74 Å². The number of aliphatic hydroxyl groups is 2. The van der Waals surface area contributed by atoms with Crippen LogP contribution >= 0.6 is 0 Å². The van der Waals surface area contributed by atoms with E-state index in [1.807, 2.05) is 6.92 Å². The van der Waals surface area contributed by atoms with Crippen molar-refractivity contribution in [2.75, 3.05) is 7.11 Å². The SMILES string of the molecule is COC(=O)[C@@]1(C)CC[C@H]2[C@@H]3CC(=O)[C@@]4(O)C[C@@H](O)CC[C@]4(C)[C@H]3CC[C@@]21C. The second-order valence-corrected chi connectivity index (χ2v) is 10.5. The molecular weight excluding hydrogens is 344 g/mol. The maximum absolute atomic E-state index is 13.1. The fraction of sp³-hybridized carbons (Fsp3) is 0.909. The zero-order valence-electron chi connectivity index (χ0n) is 17.1. The minimum Gasteiger partial charge on any atom is -0.469 e. The maximum atomic E-state index is 13.1. The third kappa shape index (κ3) is 2.19. The summed E-state index contributed by atoms with van der Waals surface area (Å²) in [5, 5.41) is 21.5. The van der Waals surface area contributed by atoms with Gasteiger partial charge in [0.15, 0.2) is 5.78 Å². The van der Waals surface area contributed by atoms with E-state index in [-0.39, 0.29) is 35.4 Å². The molecule has 0 radical (unpaired) electrons. The van der Waals surface area contributed by atoms with Crippen LogP contribution in [-0.2, 0) is 14.3 Å². The first-order valence-corrected chi connectivity index (χ1v) is 10.6. The second kappa shape index (κ2) is 5.79. The molecule has 0 aromatic rings. The Morgan fingerprint density at radius 2 is 1.63 bits per heavy atom. The summed E-state index contributed by atoms with van der Waals surface area (Å²) in [6.07, 6.45) is 4.89. The van der Waals surface area contributed by atoms with E-state index in [0.29, 0.717) is 25.2 Å². The van der Waals surface area contributed by atoms with Crippen LogP contribution in [0, 0.1) is 34.0 Å². The van der Waals surface area contributed by atoms with Gasteiger partial charge in [-0.05, 0) is 68.6 Å². The maximum Gasteiger partial charge on any atom is 0.312 e. The van der Waals surface area contributed by atoms with Crippen molar-refractivity contribution >= 4 is 11.8 Å². The van der Waals surface area contributed by atoms with Gasteiger partial charge in [0.1, 0.15) is 5.60 Å². The Kier molecular flexibility index (Phi) is 4.16. The molecule has 152 valence electrons. The zero-order valence-corrected chi connectivity index (χ0v) is 17.1. The molecule has 0 spiro atoms. The van der Waals surface area contributed by atoms with Gasteiger partial charge in [-0.1, -0.05) is 13.8 Å². The molecule has 4 aliphatic carbocycles. The van der Waals surface area contributed by atoms with Gasteiger partial charge in [-0.2, -0.15) is 0 Å². The Morgan fingerprint density at radius 3 is 2.30 bits per heavy atom. The summed E-state index contributed by atoms with van der Waals surface area (Å²) >= 11 is 0. The van der Waals surface area contributed by atoms with Crippen LogP contribution in [0.4, 0.5) is 0 Å². The first-order valence-electron chi connectivity index (χ1n) is 10.6. The van der Waals surface area contributed by atoms with Gasteiger partial charge in [-0.25, -0.2) is 0 Å². The van der Waals surface area contributed by atoms with Gasteiger partial charge in [0.25, 0.3) is 0 Å². The van der Waals surface area contributed by atoms with Gasteiger partial charge >= 0.3 is 5.97 Å². The van der Waals surface area contributed by atoms with Crippen molar-refractivity contribution < 1.29 is 24.5 Å². The Morgan fingerprint density at radius 1 is 1.04 bits per heavy atom. The highest BCUT2D eigenvalue weighted by atomic mass is 16.5. The molecule has 0 heterocycles. The molecule has 8 atom stereocenters. The Bertz CT molecular complexity index is 676. The molecule has 4 rings (SSSR count). The number of hydrogen-bond acceptors (Lipinski definition) is 5. The van der Waals surface area contributed by atoms with E-state index in [0.717, 1.165) is 25.7 Å². The lowest BCUT2D eigenvalue weighted by Gasteiger charge is -2.63. The Balaban J connectivity index is 1.72. The van der Waals surface area contributed by atoms with E-state index in [1.165, 1.54) is 7.11 Å². The number of esters is 1. The minimum absolute atomic E-state index is 0.0964. The van der Waals surface area contributed by atoms with Crippen molar-refractivity contribution in [3.8, 4) is 0 Å². The topological polar surface area (TPSA) is 83.8 Å². The van der Waals surface area contributed by atoms with Crippen molar-refractivity contribution in [3.63, 3.8) is 0 Å². The first kappa shape index (κ1) is 19.4. The number of fused-ring (bicyclic) bond motifs is 5. The highest BCUT2D eigenvalue weighted by Gasteiger charge is 2.70. The van der Waals surface area contributed by atoms with E-state index < -0.39 is 22.5 Å². The lowest BCUT2D eigenvalue weighted by Crippen LogP contribution is -2.67. The van der Waals surface area contributed by atoms with Crippen LogP contribution in [0.2, 0.25) is 0 Å². The number of ether oxygens (including phenoxy) is 1. The number of carbonyl (C=O) groups excluding carboxylic acids is 2. The summed E-state index contributed by atoms with van der Waals surface area (Å²) < 4.78 is 5.17. The molecule has 0 amide bonds. The summed E-state index contributed by atoms with van der Waals surface area (Å²) in [6.45, 7) is 6.33. The van der Waals surface area contributed by atoms with Crippen LogP contribution in [0.15, 0.2) is 0 Å². The van der Waals surface area contributed by atoms with Gasteiger partial charge < -0.3 is 14.9 Å². The van der Waals surface area contributed by atoms with Crippen LogP contribution < -0.4 is 0 Å². The third-order valence-corrected chi connectivity index (χ3v) is 9.85. The van der Waals surface area contributed by atoms with Crippen LogP contribution in [0.3, 0.4) is 0 Å². The molecule has 0 saturated heterocycles. The molecule has 4 saturated carbocycles. The van der Waals surface area contributed by atoms with Crippen molar-refractivity contribution in [1.29, 1.82) is 0 Å². The highest BCUT2D eigenvalue weighted by Crippen LogP contribution is 2.70. The lowest BCUT2D eigenvalue weighted by molar-refractivity contribution is -0.216. The number of aliphatic hydroxyl groups excluding tert-OH is 1. The van der Waals surface area contributed by atoms with Crippen LogP contribution in [-0.4, -0.2) is 40.8 Å². The van der Waals surface area contributed by atoms with E-state index in [2.05, 4.69) is 13.8 Å². The van der Waals surface area contributed by atoms with Crippen molar-refractivity contribution in [1.82, 2.24) is 0 Å². The molecule has 0 aromatic heterocycles. The standard InChI is InChI=1S/C22H34O5/c1-19-9-6-16-14(15(19)7-10-21(19,3)18(25)27-4)11-17(24)22(26)12-13(23)5-8-20(16,22)2/h13-16,23,26H,5-12H2,1-4H3/t13-,14-,15-,16-,19-,20+,21+,22-/m0/s1. The molecule has 0 unspecified atom stereocenters. The number of carbonyl (C=O) groups is 2. The summed E-state index contributed by atoms with van der Waals surface area (Å²) in [7, 11) is 1.47. The highest BCUT2D eigenvalue weighted by molar-refractivity contribution is 5.89. The average molecular weight is 379 g/mol. The predicted molar refractivity (Wildman–Crippen MR) is 99.7 cm³/mol. The number of Topliss-reactive ketones (excluding diaryl/α,β-unsaturated/α-hetero) is 1. The fourth-order valence-corrected chi connectivity index (χ4v) is 7.85. The number of ketones is 1. The molecule has 2 N–H and O–H groups in total. The normalized spacial score (nSPS) is 54.7. The molecule has 0 aromatic carbocycles. The van der Waals surface area contributed by atoms with Crippen LogP contribution in [0.25, 0.3) is 0 Å². The van der Waals surface area contributed by atoms with Gasteiger partial charge in [0.2, 0.25) is 0 Å². The van der Waals surface area contributed by atoms with Gasteiger partial charge in [-0.3, -0.25) is 9.59 Å². The molecule has 5 nitrogen and oxygen atoms in total. The Labute approximate surface area is 161 Å². The van der Waals surface area contributed by atoms with E-state index in [9.17, 15) is 19.8 Å². The van der Waals surface area contributed by atoms with Gasteiger partial charge in [-0.15, -0.1) is 0 Å². The number of methoxy groups -OCH3 is 1. The lowest BCUT2D eigenvalue weighted by atomic mass is 9.42. The summed E-state index contributed by atoms with van der Waals surface area (Å²) in [5.74, 6) is 0.559. The molecule has 5 heteroatoms. The predicted octanol–water partition coefficient (Wildman–Crippen LogP) is 2.86. The monoisotopic (exact) mass is 378 g/mol. The summed E-state index contributed by atoms with van der Waals surface area (Å²) in [5.41, 5.74) is -2.54. The summed E-state index contributed by atoms with van der Waals surface area (Å²) in [6, 6.07) is 0. The molecule has 4 fully saturated rings. The quantitative estimate of drug-likeness (QED) is 0.686. The molecule has 0 bridgehead atoms. The first-order chi connectivity index (χ1) is 12.5. The third-order valence-electron chi connectivity index (χ3n) is 9.85. The zero-order chi connectivity index (χ0) is 19.8. The van der Waals surface area contributed by atoms with Gasteiger partial charge in [0, 0.05) is 18.3 Å². The Hall–Kier alpha value is -0.940. The van der Waals surface area contributed by atoms with E-state index >= 15 is 0 Å². The van der Waals surface area contributed by atoms with Crippen molar-refractivity contribution in [2.24, 2.45) is 34.0 Å². The molecule has 27 heavy (non-hydrogen) atoms. The molecular formula is C22H34O5. The largest absolute Gasteiger partial charge is 0.469 e. The molecule has 0 aliphatic heterocycles. The van der Waals surface area contributed by atoms with Crippen molar-refractivity contribution in [2.45, 2.75) is 83.8 Å². The van der Waals surface area contributed by atoms with Crippen molar-refractivity contribution in [3.05, 3.63) is 0 Å². The van der Waals surface area contributed by atoms with E-state index in [1.54, 1.807) is 0 Å². The summed E-state index contributed by atoms with van der Waals surface area (Å²) in [4.78, 5) is 25.8. The van der Waals surface area contributed by atoms with Crippen LogP contribution in [0.1, 0.15) is 72.1 Å². The smallest absolute Gasteiger partial charge is 0.312 e. The number of rotatable bonds is 1. The van der Waals surface area contributed by atoms with Gasteiger partial charge in [0.05, 0.1) is 18.6 Å². The average Bonchev–Trinajstić information content (AvgIpc) is 2.90. The van der Waals surface area contributed by atoms with Crippen LogP contribution in [0.5, 0.6) is 0 Å². The fourth-order valence-electron chi connectivity index (χ4n) is 7.85. The second-order valence-electron chi connectivity index (χ2n) is 10.5. The molecule has 4 aliphatic rings.